The molecule has 2 heterocycles. The molecular weight excluding hydrogens is 797 g/mol. The number of para-hydroxylation sites is 2. The van der Waals surface area contributed by atoms with E-state index in [1.165, 1.54) is 0 Å². The topological polar surface area (TPSA) is 187 Å². The van der Waals surface area contributed by atoms with Crippen molar-refractivity contribution in [3.8, 4) is 22.3 Å². The molecular formula is C50H48CaN2O8. The Kier molecular flexibility index (Phi) is 16.0. The number of hydrogen-bond acceptors (Lipinski definition) is 10. The summed E-state index contributed by atoms with van der Waals surface area (Å²) >= 11 is 0. The molecule has 0 radical (unpaired) electrons. The monoisotopic (exact) mass is 844 g/mol. The van der Waals surface area contributed by atoms with Crippen molar-refractivity contribution in [3.63, 3.8) is 0 Å². The van der Waals surface area contributed by atoms with Crippen LogP contribution < -0.4 is 10.2 Å². The van der Waals surface area contributed by atoms with Crippen LogP contribution in [0, 0.1) is 0 Å². The molecule has 0 unspecified atom stereocenters. The van der Waals surface area contributed by atoms with Gasteiger partial charge in [-0.3, -0.25) is 9.97 Å². The maximum atomic E-state index is 10.6. The Morgan fingerprint density at radius 1 is 0.557 bits per heavy atom. The van der Waals surface area contributed by atoms with Crippen LogP contribution in [0.4, 0.5) is 0 Å². The molecule has 0 bridgehead atoms. The first-order valence-corrected chi connectivity index (χ1v) is 20.5. The third kappa shape index (κ3) is 12.2. The van der Waals surface area contributed by atoms with Crippen molar-refractivity contribution in [1.29, 1.82) is 0 Å². The Labute approximate surface area is 385 Å². The smallest absolute Gasteiger partial charge is 0.550 e. The van der Waals surface area contributed by atoms with Crippen LogP contribution in [0.3, 0.4) is 0 Å². The molecule has 0 saturated heterocycles. The molecule has 2 aromatic heterocycles. The Hall–Kier alpha value is -4.78. The normalized spacial score (nSPS) is 15.8. The van der Waals surface area contributed by atoms with Crippen LogP contribution in [0.1, 0.15) is 85.7 Å². The molecule has 0 amide bonds. The molecule has 2 aliphatic rings. The Bertz CT molecular complexity index is 2330. The van der Waals surface area contributed by atoms with Gasteiger partial charge in [0.2, 0.25) is 0 Å². The van der Waals surface area contributed by atoms with Gasteiger partial charge in [0, 0.05) is 82.5 Å². The zero-order valence-electron chi connectivity index (χ0n) is 33.8. The molecule has 4 aromatic carbocycles. The molecule has 61 heavy (non-hydrogen) atoms. The van der Waals surface area contributed by atoms with E-state index in [9.17, 15) is 40.2 Å². The van der Waals surface area contributed by atoms with Crippen molar-refractivity contribution in [2.24, 2.45) is 0 Å². The fourth-order valence-corrected chi connectivity index (χ4v) is 7.68. The molecule has 4 atom stereocenters. The third-order valence-electron chi connectivity index (χ3n) is 10.8. The average Bonchev–Trinajstić information content (AvgIpc) is 4.17. The number of carboxylic acids is 2. The van der Waals surface area contributed by atoms with Gasteiger partial charge in [0.05, 0.1) is 46.8 Å². The summed E-state index contributed by atoms with van der Waals surface area (Å²) in [5.41, 5.74) is 10.2. The molecule has 8 rings (SSSR count). The molecule has 0 aliphatic heterocycles. The Morgan fingerprint density at radius 3 is 1.25 bits per heavy atom. The minimum Gasteiger partial charge on any atom is -0.550 e. The van der Waals surface area contributed by atoms with E-state index in [0.29, 0.717) is 11.8 Å². The maximum absolute atomic E-state index is 10.6. The van der Waals surface area contributed by atoms with Gasteiger partial charge >= 0.3 is 37.7 Å². The third-order valence-corrected chi connectivity index (χ3v) is 10.8. The number of carbonyl (C=O) groups is 2. The summed E-state index contributed by atoms with van der Waals surface area (Å²) in [5.74, 6) is -1.87. The van der Waals surface area contributed by atoms with Gasteiger partial charge in [0.25, 0.3) is 0 Å². The molecule has 4 N–H and O–H groups in total. The quantitative estimate of drug-likeness (QED) is 0.0880. The summed E-state index contributed by atoms with van der Waals surface area (Å²) in [4.78, 5) is 31.2. The van der Waals surface area contributed by atoms with Gasteiger partial charge in [-0.15, -0.1) is 0 Å². The molecule has 308 valence electrons. The number of carbonyl (C=O) groups excluding carboxylic acids is 2. The van der Waals surface area contributed by atoms with Crippen LogP contribution in [0.2, 0.25) is 0 Å². The fraction of sp³-hybridized carbons (Fsp3) is 0.280. The molecule has 2 fully saturated rings. The molecule has 0 spiro atoms. The molecule has 2 saturated carbocycles. The number of benzene rings is 4. The number of pyridine rings is 2. The van der Waals surface area contributed by atoms with E-state index in [-0.39, 0.29) is 50.6 Å². The van der Waals surface area contributed by atoms with Crippen molar-refractivity contribution in [2.75, 3.05) is 0 Å². The number of rotatable bonds is 16. The first kappa shape index (κ1) is 45.7. The summed E-state index contributed by atoms with van der Waals surface area (Å²) in [6, 6.07) is 36.3. The summed E-state index contributed by atoms with van der Waals surface area (Å²) in [5, 5.41) is 63.6. The summed E-state index contributed by atoms with van der Waals surface area (Å²) in [6.45, 7) is 0. The number of hydrogen-bond donors (Lipinski definition) is 4. The summed E-state index contributed by atoms with van der Waals surface area (Å²) in [7, 11) is 0. The average molecular weight is 845 g/mol. The second kappa shape index (κ2) is 21.3. The van der Waals surface area contributed by atoms with E-state index in [2.05, 4.69) is 36.4 Å². The zero-order valence-corrected chi connectivity index (χ0v) is 36.1. The first-order chi connectivity index (χ1) is 29.0. The van der Waals surface area contributed by atoms with Gasteiger partial charge in [-0.2, -0.15) is 0 Å². The van der Waals surface area contributed by atoms with E-state index < -0.39 is 49.2 Å². The maximum Gasteiger partial charge on any atom is 2.00 e. The number of fused-ring (bicyclic) bond motifs is 2. The first-order valence-electron chi connectivity index (χ1n) is 20.5. The van der Waals surface area contributed by atoms with Crippen molar-refractivity contribution in [3.05, 3.63) is 144 Å². The van der Waals surface area contributed by atoms with Gasteiger partial charge in [-0.05, 0) is 48.9 Å². The van der Waals surface area contributed by atoms with E-state index in [1.807, 2.05) is 84.9 Å². The molecule has 6 aromatic rings. The molecule has 2 aliphatic carbocycles. The zero-order chi connectivity index (χ0) is 42.2. The minimum absolute atomic E-state index is 0. The number of aliphatic hydroxyl groups excluding tert-OH is 4. The number of aliphatic hydroxyl groups is 4. The number of carboxylic acid groups (broad SMARTS) is 2. The van der Waals surface area contributed by atoms with E-state index in [1.54, 1.807) is 12.2 Å². The SMILES string of the molecule is O=C([O-])C[C@H](O)C[C@H](O)/C=C/c1c(C2CC2)nc2ccccc2c1-c1ccccc1.O=C([O-])C[C@H](O)C[C@H](O)/C=C/c1c(C2CC2)nc2ccccc2c1-c1ccccc1.[Ca+2]. The predicted octanol–water partition coefficient (Wildman–Crippen LogP) is 5.71. The molecule has 10 nitrogen and oxygen atoms in total. The van der Waals surface area contributed by atoms with E-state index >= 15 is 0 Å². The van der Waals surface area contributed by atoms with Crippen LogP contribution in [-0.4, -0.2) is 104 Å². The van der Waals surface area contributed by atoms with Crippen LogP contribution in [-0.2, 0) is 9.59 Å². The Balaban J connectivity index is 0.000000201. The van der Waals surface area contributed by atoms with Crippen molar-refractivity contribution >= 4 is 83.6 Å². The van der Waals surface area contributed by atoms with Crippen molar-refractivity contribution in [1.82, 2.24) is 9.97 Å². The van der Waals surface area contributed by atoms with Crippen LogP contribution >= 0.6 is 0 Å². The Morgan fingerprint density at radius 2 is 0.902 bits per heavy atom. The van der Waals surface area contributed by atoms with E-state index in [0.717, 1.165) is 92.3 Å². The van der Waals surface area contributed by atoms with Crippen molar-refractivity contribution < 1.29 is 40.2 Å². The fourth-order valence-electron chi connectivity index (χ4n) is 7.68. The van der Waals surface area contributed by atoms with Crippen LogP contribution in [0.25, 0.3) is 56.2 Å². The number of aromatic nitrogens is 2. The van der Waals surface area contributed by atoms with Gasteiger partial charge in [-0.1, -0.05) is 121 Å². The number of nitrogens with zero attached hydrogens (tertiary/aromatic N) is 2. The largest absolute Gasteiger partial charge is 2.00 e. The predicted molar refractivity (Wildman–Crippen MR) is 235 cm³/mol. The van der Waals surface area contributed by atoms with Gasteiger partial charge in [0.1, 0.15) is 0 Å². The van der Waals surface area contributed by atoms with Crippen LogP contribution in [0.15, 0.2) is 121 Å². The van der Waals surface area contributed by atoms with Gasteiger partial charge in [0.15, 0.2) is 0 Å². The van der Waals surface area contributed by atoms with Crippen LogP contribution in [0.5, 0.6) is 0 Å². The summed E-state index contributed by atoms with van der Waals surface area (Å²) in [6.07, 6.45) is 5.96. The second-order valence-electron chi connectivity index (χ2n) is 15.7. The standard InChI is InChI=1S/2C25H25NO4.Ca/c2*27-18(14-19(28)15-23(29)30)12-13-21-24(16-6-2-1-3-7-16)20-8-4-5-9-22(20)26-25(21)17-10-11-17;/h2*1-9,12-13,17-19,27-28H,10-11,14-15H2,(H,29,30);/q;;+2/p-2/b2*13-12+;/t2*18-,19-;/m11./s1. The van der Waals surface area contributed by atoms with Gasteiger partial charge < -0.3 is 40.2 Å². The van der Waals surface area contributed by atoms with E-state index in [4.69, 9.17) is 9.97 Å². The molecule has 11 heteroatoms. The minimum atomic E-state index is -1.33. The summed E-state index contributed by atoms with van der Waals surface area (Å²) < 4.78 is 0. The van der Waals surface area contributed by atoms with Gasteiger partial charge in [-0.25, -0.2) is 0 Å². The second-order valence-corrected chi connectivity index (χ2v) is 15.7. The number of aliphatic carboxylic acids is 2. The van der Waals surface area contributed by atoms with Crippen molar-refractivity contribution in [2.45, 2.75) is 87.6 Å².